The molecule has 1 aliphatic carbocycles. The van der Waals surface area contributed by atoms with E-state index in [1.165, 1.54) is 32.1 Å². The summed E-state index contributed by atoms with van der Waals surface area (Å²) in [5, 5.41) is 0. The van der Waals surface area contributed by atoms with Gasteiger partial charge in [-0.1, -0.05) is 19.3 Å². The van der Waals surface area contributed by atoms with Gasteiger partial charge in [0.25, 0.3) is 0 Å². The lowest BCUT2D eigenvalue weighted by Gasteiger charge is -2.48. The molecule has 2 unspecified atom stereocenters. The van der Waals surface area contributed by atoms with Crippen molar-refractivity contribution in [3.8, 4) is 0 Å². The Labute approximate surface area is 118 Å². The molecule has 2 N–H and O–H groups in total. The SMILES string of the molecule is CC1(C)CN(CC2CCCCCC2N)CC(C)(C)O1. The highest BCUT2D eigenvalue weighted by Gasteiger charge is 2.39. The Bertz CT molecular complexity index is 285. The van der Waals surface area contributed by atoms with E-state index in [2.05, 4.69) is 32.6 Å². The van der Waals surface area contributed by atoms with Crippen LogP contribution in [0.3, 0.4) is 0 Å². The Morgan fingerprint density at radius 1 is 1.00 bits per heavy atom. The maximum Gasteiger partial charge on any atom is 0.0760 e. The Kier molecular flexibility index (Phi) is 4.59. The van der Waals surface area contributed by atoms with Crippen LogP contribution in [0.15, 0.2) is 0 Å². The predicted octanol–water partition coefficient (Wildman–Crippen LogP) is 2.78. The lowest BCUT2D eigenvalue weighted by atomic mass is 9.92. The summed E-state index contributed by atoms with van der Waals surface area (Å²) in [6, 6.07) is 0.400. The third-order valence-electron chi connectivity index (χ3n) is 4.47. The van der Waals surface area contributed by atoms with Gasteiger partial charge in [0.15, 0.2) is 0 Å². The van der Waals surface area contributed by atoms with Gasteiger partial charge >= 0.3 is 0 Å². The van der Waals surface area contributed by atoms with Crippen LogP contribution < -0.4 is 5.73 Å². The summed E-state index contributed by atoms with van der Waals surface area (Å²) in [6.45, 7) is 12.0. The van der Waals surface area contributed by atoms with Crippen LogP contribution in [-0.4, -0.2) is 41.8 Å². The molecule has 2 aliphatic rings. The van der Waals surface area contributed by atoms with Gasteiger partial charge in [0.05, 0.1) is 11.2 Å². The zero-order valence-electron chi connectivity index (χ0n) is 13.2. The first-order chi connectivity index (χ1) is 8.77. The van der Waals surface area contributed by atoms with Crippen LogP contribution in [0.25, 0.3) is 0 Å². The van der Waals surface area contributed by atoms with E-state index >= 15 is 0 Å². The third-order valence-corrected chi connectivity index (χ3v) is 4.47. The van der Waals surface area contributed by atoms with Crippen molar-refractivity contribution in [2.45, 2.75) is 77.0 Å². The van der Waals surface area contributed by atoms with Crippen LogP contribution in [0, 0.1) is 5.92 Å². The van der Waals surface area contributed by atoms with E-state index in [9.17, 15) is 0 Å². The topological polar surface area (TPSA) is 38.5 Å². The molecule has 0 spiro atoms. The number of morpholine rings is 1. The Morgan fingerprint density at radius 2 is 1.58 bits per heavy atom. The lowest BCUT2D eigenvalue weighted by Crippen LogP contribution is -2.58. The monoisotopic (exact) mass is 268 g/mol. The minimum atomic E-state index is -0.0451. The summed E-state index contributed by atoms with van der Waals surface area (Å²) >= 11 is 0. The first-order valence-electron chi connectivity index (χ1n) is 7.96. The van der Waals surface area contributed by atoms with E-state index in [1.807, 2.05) is 0 Å². The van der Waals surface area contributed by atoms with Gasteiger partial charge in [0, 0.05) is 25.7 Å². The molecule has 1 aliphatic heterocycles. The maximum absolute atomic E-state index is 6.37. The van der Waals surface area contributed by atoms with E-state index in [4.69, 9.17) is 10.5 Å². The molecule has 3 heteroatoms. The van der Waals surface area contributed by atoms with Gasteiger partial charge in [-0.25, -0.2) is 0 Å². The van der Waals surface area contributed by atoms with E-state index in [1.54, 1.807) is 0 Å². The number of hydrogen-bond donors (Lipinski definition) is 1. The highest BCUT2D eigenvalue weighted by Crippen LogP contribution is 2.30. The third kappa shape index (κ3) is 4.44. The highest BCUT2D eigenvalue weighted by molar-refractivity contribution is 4.91. The fourth-order valence-electron chi connectivity index (χ4n) is 4.05. The molecule has 0 aromatic heterocycles. The molecule has 0 aromatic rings. The first kappa shape index (κ1) is 15.3. The molecule has 3 nitrogen and oxygen atoms in total. The van der Waals surface area contributed by atoms with Crippen LogP contribution in [0.2, 0.25) is 0 Å². The van der Waals surface area contributed by atoms with Crippen LogP contribution >= 0.6 is 0 Å². The molecule has 1 saturated carbocycles. The molecule has 1 saturated heterocycles. The molecule has 2 atom stereocenters. The summed E-state index contributed by atoms with van der Waals surface area (Å²) in [4.78, 5) is 2.58. The molecule has 112 valence electrons. The Morgan fingerprint density at radius 3 is 2.21 bits per heavy atom. The summed E-state index contributed by atoms with van der Waals surface area (Å²) in [5.41, 5.74) is 6.28. The second kappa shape index (κ2) is 5.71. The second-order valence-electron chi connectivity index (χ2n) is 7.85. The number of nitrogens with two attached hydrogens (primary N) is 1. The van der Waals surface area contributed by atoms with Gasteiger partial charge in [-0.05, 0) is 46.5 Å². The number of nitrogens with zero attached hydrogens (tertiary/aromatic N) is 1. The number of rotatable bonds is 2. The van der Waals surface area contributed by atoms with Gasteiger partial charge in [-0.2, -0.15) is 0 Å². The van der Waals surface area contributed by atoms with Crippen molar-refractivity contribution in [3.05, 3.63) is 0 Å². The van der Waals surface area contributed by atoms with Gasteiger partial charge in [0.2, 0.25) is 0 Å². The normalized spacial score (nSPS) is 35.8. The molecule has 1 heterocycles. The fourth-order valence-corrected chi connectivity index (χ4v) is 4.05. The molecule has 0 aromatic carbocycles. The van der Waals surface area contributed by atoms with Crippen LogP contribution in [0.5, 0.6) is 0 Å². The van der Waals surface area contributed by atoms with Gasteiger partial charge in [-0.15, -0.1) is 0 Å². The second-order valence-corrected chi connectivity index (χ2v) is 7.85. The van der Waals surface area contributed by atoms with Crippen molar-refractivity contribution < 1.29 is 4.74 Å². The van der Waals surface area contributed by atoms with E-state index < -0.39 is 0 Å². The summed E-state index contributed by atoms with van der Waals surface area (Å²) in [6.07, 6.45) is 6.55. The van der Waals surface area contributed by atoms with Crippen molar-refractivity contribution in [1.82, 2.24) is 4.90 Å². The average Bonchev–Trinajstić information content (AvgIpc) is 2.39. The minimum absolute atomic E-state index is 0.0451. The van der Waals surface area contributed by atoms with Crippen LogP contribution in [0.4, 0.5) is 0 Å². The predicted molar refractivity (Wildman–Crippen MR) is 80.2 cm³/mol. The largest absolute Gasteiger partial charge is 0.367 e. The number of hydrogen-bond acceptors (Lipinski definition) is 3. The molecule has 0 bridgehead atoms. The first-order valence-corrected chi connectivity index (χ1v) is 7.96. The van der Waals surface area contributed by atoms with Crippen molar-refractivity contribution in [3.63, 3.8) is 0 Å². The maximum atomic E-state index is 6.37. The van der Waals surface area contributed by atoms with Crippen molar-refractivity contribution in [2.24, 2.45) is 11.7 Å². The van der Waals surface area contributed by atoms with Crippen LogP contribution in [-0.2, 0) is 4.74 Å². The Balaban J connectivity index is 1.97. The van der Waals surface area contributed by atoms with Crippen molar-refractivity contribution >= 4 is 0 Å². The van der Waals surface area contributed by atoms with Crippen LogP contribution in [0.1, 0.15) is 59.8 Å². The molecule has 19 heavy (non-hydrogen) atoms. The highest BCUT2D eigenvalue weighted by atomic mass is 16.5. The smallest absolute Gasteiger partial charge is 0.0760 e. The van der Waals surface area contributed by atoms with Crippen molar-refractivity contribution in [2.75, 3.05) is 19.6 Å². The molecule has 0 radical (unpaired) electrons. The molecule has 0 amide bonds. The fraction of sp³-hybridized carbons (Fsp3) is 1.00. The lowest BCUT2D eigenvalue weighted by molar-refractivity contribution is -0.182. The van der Waals surface area contributed by atoms with E-state index in [-0.39, 0.29) is 11.2 Å². The van der Waals surface area contributed by atoms with E-state index in [0.29, 0.717) is 12.0 Å². The summed E-state index contributed by atoms with van der Waals surface area (Å²) < 4.78 is 6.16. The zero-order chi connectivity index (χ0) is 14.1. The standard InChI is InChI=1S/C16H32N2O/c1-15(2)11-18(12-16(3,4)19-15)10-13-8-6-5-7-9-14(13)17/h13-14H,5-12,17H2,1-4H3. The molecule has 2 rings (SSSR count). The Hall–Kier alpha value is -0.120. The average molecular weight is 268 g/mol. The van der Waals surface area contributed by atoms with E-state index in [0.717, 1.165) is 19.6 Å². The minimum Gasteiger partial charge on any atom is -0.367 e. The summed E-state index contributed by atoms with van der Waals surface area (Å²) in [7, 11) is 0. The molecular formula is C16H32N2O. The molecule has 2 fully saturated rings. The van der Waals surface area contributed by atoms with Gasteiger partial charge < -0.3 is 10.5 Å². The van der Waals surface area contributed by atoms with Gasteiger partial charge in [-0.3, -0.25) is 4.90 Å². The van der Waals surface area contributed by atoms with Gasteiger partial charge in [0.1, 0.15) is 0 Å². The quantitative estimate of drug-likeness (QED) is 0.783. The van der Waals surface area contributed by atoms with Crippen molar-refractivity contribution in [1.29, 1.82) is 0 Å². The number of ether oxygens (including phenoxy) is 1. The summed E-state index contributed by atoms with van der Waals surface area (Å²) in [5.74, 6) is 0.673. The molecular weight excluding hydrogens is 236 g/mol. The zero-order valence-corrected chi connectivity index (χ0v) is 13.2.